The predicted molar refractivity (Wildman–Crippen MR) is 96.5 cm³/mol. The molecule has 0 aliphatic carbocycles. The van der Waals surface area contributed by atoms with E-state index in [9.17, 15) is 9.59 Å². The Labute approximate surface area is 145 Å². The highest BCUT2D eigenvalue weighted by Gasteiger charge is 2.06. The minimum atomic E-state index is -0.265. The topological polar surface area (TPSA) is 67.4 Å². The Bertz CT molecular complexity index is 660. The molecule has 2 amide bonds. The minimum absolute atomic E-state index is 0.137. The molecule has 2 rings (SSSR count). The van der Waals surface area contributed by atoms with E-state index in [0.717, 1.165) is 16.8 Å². The van der Waals surface area contributed by atoms with Crippen LogP contribution in [0.3, 0.4) is 0 Å². The van der Waals surface area contributed by atoms with Gasteiger partial charge in [0.05, 0.1) is 18.1 Å². The molecule has 0 saturated heterocycles. The monoisotopic (exact) mass is 344 g/mol. The number of rotatable bonds is 8. The van der Waals surface area contributed by atoms with Gasteiger partial charge in [-0.1, -0.05) is 48.0 Å². The van der Waals surface area contributed by atoms with Crippen LogP contribution in [-0.2, 0) is 21.0 Å². The van der Waals surface area contributed by atoms with Crippen molar-refractivity contribution in [1.82, 2.24) is 5.48 Å². The van der Waals surface area contributed by atoms with Crippen LogP contribution in [0.2, 0.25) is 0 Å². The Kier molecular flexibility index (Phi) is 7.32. The van der Waals surface area contributed by atoms with Crippen molar-refractivity contribution < 1.29 is 14.4 Å². The zero-order valence-electron chi connectivity index (χ0n) is 13.5. The van der Waals surface area contributed by atoms with Gasteiger partial charge in [-0.15, -0.1) is 11.8 Å². The van der Waals surface area contributed by atoms with Crippen molar-refractivity contribution in [1.29, 1.82) is 0 Å². The maximum atomic E-state index is 11.8. The molecule has 0 atom stereocenters. The van der Waals surface area contributed by atoms with Crippen LogP contribution in [0.5, 0.6) is 0 Å². The highest BCUT2D eigenvalue weighted by atomic mass is 32.2. The third-order valence-corrected chi connectivity index (χ3v) is 4.00. The molecule has 2 N–H and O–H groups in total. The minimum Gasteiger partial charge on any atom is -0.325 e. The molecule has 126 valence electrons. The molecular formula is C18H20N2O3S. The van der Waals surface area contributed by atoms with Crippen LogP contribution in [0, 0.1) is 6.92 Å². The van der Waals surface area contributed by atoms with Crippen LogP contribution >= 0.6 is 11.8 Å². The molecule has 0 saturated carbocycles. The first-order valence-corrected chi connectivity index (χ1v) is 8.68. The lowest BCUT2D eigenvalue weighted by atomic mass is 10.2. The molecule has 0 unspecified atom stereocenters. The van der Waals surface area contributed by atoms with Crippen LogP contribution < -0.4 is 10.8 Å². The number of hydrogen-bond acceptors (Lipinski definition) is 4. The van der Waals surface area contributed by atoms with Crippen molar-refractivity contribution in [2.75, 3.05) is 16.8 Å². The van der Waals surface area contributed by atoms with Crippen LogP contribution in [0.1, 0.15) is 11.1 Å². The highest BCUT2D eigenvalue weighted by molar-refractivity contribution is 8.00. The fourth-order valence-electron chi connectivity index (χ4n) is 1.87. The summed E-state index contributed by atoms with van der Waals surface area (Å²) < 4.78 is 0. The van der Waals surface area contributed by atoms with Gasteiger partial charge in [-0.25, -0.2) is 5.48 Å². The molecule has 0 aliphatic heterocycles. The average molecular weight is 344 g/mol. The van der Waals surface area contributed by atoms with Crippen molar-refractivity contribution in [2.24, 2.45) is 0 Å². The maximum Gasteiger partial charge on any atom is 0.253 e. The van der Waals surface area contributed by atoms with Gasteiger partial charge in [-0.05, 0) is 24.6 Å². The smallest absolute Gasteiger partial charge is 0.253 e. The van der Waals surface area contributed by atoms with E-state index < -0.39 is 0 Å². The molecule has 0 heterocycles. The SMILES string of the molecule is Cc1ccc(NC(=O)CSCC(=O)NOCc2ccccc2)cc1. The fourth-order valence-corrected chi connectivity index (χ4v) is 2.48. The van der Waals surface area contributed by atoms with Crippen LogP contribution in [-0.4, -0.2) is 23.3 Å². The molecule has 24 heavy (non-hydrogen) atoms. The lowest BCUT2D eigenvalue weighted by Crippen LogP contribution is -2.26. The number of hydroxylamine groups is 1. The second kappa shape index (κ2) is 9.75. The summed E-state index contributed by atoms with van der Waals surface area (Å²) in [6.45, 7) is 2.30. The average Bonchev–Trinajstić information content (AvgIpc) is 2.58. The Balaban J connectivity index is 1.58. The van der Waals surface area contributed by atoms with E-state index in [1.54, 1.807) is 0 Å². The van der Waals surface area contributed by atoms with E-state index >= 15 is 0 Å². The molecule has 5 nitrogen and oxygen atoms in total. The normalized spacial score (nSPS) is 10.2. The molecule has 0 aliphatic rings. The number of carbonyl (C=O) groups excluding carboxylic acids is 2. The number of benzene rings is 2. The van der Waals surface area contributed by atoms with Crippen molar-refractivity contribution in [3.8, 4) is 0 Å². The number of hydrogen-bond donors (Lipinski definition) is 2. The standard InChI is InChI=1S/C18H20N2O3S/c1-14-7-9-16(10-8-14)19-17(21)12-24-13-18(22)20-23-11-15-5-3-2-4-6-15/h2-10H,11-13H2,1H3,(H,19,21)(H,20,22). The molecule has 2 aromatic rings. The molecule has 0 bridgehead atoms. The number of aryl methyl sites for hydroxylation is 1. The van der Waals surface area contributed by atoms with Crippen molar-refractivity contribution in [3.05, 3.63) is 65.7 Å². The van der Waals surface area contributed by atoms with Gasteiger partial charge in [-0.2, -0.15) is 0 Å². The number of amides is 2. The van der Waals surface area contributed by atoms with Gasteiger partial charge in [0.15, 0.2) is 0 Å². The van der Waals surface area contributed by atoms with E-state index in [0.29, 0.717) is 6.61 Å². The lowest BCUT2D eigenvalue weighted by molar-refractivity contribution is -0.131. The van der Waals surface area contributed by atoms with E-state index in [2.05, 4.69) is 10.8 Å². The number of carbonyl (C=O) groups is 2. The summed E-state index contributed by atoms with van der Waals surface area (Å²) in [5.41, 5.74) is 5.23. The molecule has 0 fully saturated rings. The zero-order chi connectivity index (χ0) is 17.2. The first-order chi connectivity index (χ1) is 11.6. The van der Waals surface area contributed by atoms with Gasteiger partial charge < -0.3 is 5.32 Å². The first kappa shape index (κ1) is 18.0. The maximum absolute atomic E-state index is 11.8. The number of thioether (sulfide) groups is 1. The second-order valence-corrected chi connectivity index (χ2v) is 6.19. The third kappa shape index (κ3) is 6.85. The van der Waals surface area contributed by atoms with E-state index in [1.165, 1.54) is 11.8 Å². The van der Waals surface area contributed by atoms with Gasteiger partial charge in [0.25, 0.3) is 5.91 Å². The molecule has 2 aromatic carbocycles. The second-order valence-electron chi connectivity index (χ2n) is 5.21. The summed E-state index contributed by atoms with van der Waals surface area (Å²) in [5.74, 6) is -0.0308. The summed E-state index contributed by atoms with van der Waals surface area (Å²) in [4.78, 5) is 28.5. The Morgan fingerprint density at radius 3 is 2.33 bits per heavy atom. The van der Waals surface area contributed by atoms with Crippen LogP contribution in [0.25, 0.3) is 0 Å². The molecule has 0 radical (unpaired) electrons. The Morgan fingerprint density at radius 1 is 0.958 bits per heavy atom. The zero-order valence-corrected chi connectivity index (χ0v) is 14.3. The summed E-state index contributed by atoms with van der Waals surface area (Å²) in [6, 6.07) is 17.1. The van der Waals surface area contributed by atoms with Gasteiger partial charge in [-0.3, -0.25) is 14.4 Å². The van der Waals surface area contributed by atoms with E-state index in [4.69, 9.17) is 4.84 Å². The largest absolute Gasteiger partial charge is 0.325 e. The molecule has 6 heteroatoms. The summed E-state index contributed by atoms with van der Waals surface area (Å²) in [7, 11) is 0. The van der Waals surface area contributed by atoms with Gasteiger partial charge in [0.1, 0.15) is 0 Å². The summed E-state index contributed by atoms with van der Waals surface area (Å²) >= 11 is 1.23. The summed E-state index contributed by atoms with van der Waals surface area (Å²) in [6.07, 6.45) is 0. The quantitative estimate of drug-likeness (QED) is 0.723. The van der Waals surface area contributed by atoms with Crippen LogP contribution in [0.15, 0.2) is 54.6 Å². The van der Waals surface area contributed by atoms with Gasteiger partial charge >= 0.3 is 0 Å². The molecule has 0 spiro atoms. The Hall–Kier alpha value is -2.31. The predicted octanol–water partition coefficient (Wildman–Crippen LogP) is 2.91. The van der Waals surface area contributed by atoms with Crippen LogP contribution in [0.4, 0.5) is 5.69 Å². The van der Waals surface area contributed by atoms with E-state index in [-0.39, 0.29) is 23.3 Å². The Morgan fingerprint density at radius 2 is 1.62 bits per heavy atom. The van der Waals surface area contributed by atoms with Crippen molar-refractivity contribution in [2.45, 2.75) is 13.5 Å². The van der Waals surface area contributed by atoms with Gasteiger partial charge in [0, 0.05) is 5.69 Å². The molecule has 0 aromatic heterocycles. The van der Waals surface area contributed by atoms with Crippen molar-refractivity contribution in [3.63, 3.8) is 0 Å². The fraction of sp³-hybridized carbons (Fsp3) is 0.222. The third-order valence-electron chi connectivity index (χ3n) is 3.07. The summed E-state index contributed by atoms with van der Waals surface area (Å²) in [5, 5.41) is 2.78. The van der Waals surface area contributed by atoms with E-state index in [1.807, 2.05) is 61.5 Å². The highest BCUT2D eigenvalue weighted by Crippen LogP contribution is 2.09. The first-order valence-electron chi connectivity index (χ1n) is 7.52. The van der Waals surface area contributed by atoms with Crippen molar-refractivity contribution >= 4 is 29.3 Å². The van der Waals surface area contributed by atoms with Gasteiger partial charge in [0.2, 0.25) is 5.91 Å². The number of anilines is 1. The number of nitrogens with one attached hydrogen (secondary N) is 2. The molecular weight excluding hydrogens is 324 g/mol. The lowest BCUT2D eigenvalue weighted by Gasteiger charge is -2.07.